The first-order valence-corrected chi connectivity index (χ1v) is 9.00. The van der Waals surface area contributed by atoms with E-state index < -0.39 is 0 Å². The summed E-state index contributed by atoms with van der Waals surface area (Å²) in [6.07, 6.45) is 0.418. The number of nitrogens with zero attached hydrogens (tertiary/aromatic N) is 1. The molecule has 1 amide bonds. The topological polar surface area (TPSA) is 51.2 Å². The third-order valence-corrected chi connectivity index (χ3v) is 5.54. The number of carbonyl (C=O) groups excluding carboxylic acids is 1. The molecule has 2 heterocycles. The molecule has 4 nitrogen and oxygen atoms in total. The third-order valence-electron chi connectivity index (χ3n) is 4.32. The second-order valence-corrected chi connectivity index (χ2v) is 7.10. The van der Waals surface area contributed by atoms with E-state index >= 15 is 0 Å². The number of fused-ring (bicyclic) bond motifs is 1. The van der Waals surface area contributed by atoms with Crippen molar-refractivity contribution in [3.63, 3.8) is 0 Å². The summed E-state index contributed by atoms with van der Waals surface area (Å²) in [5.74, 6) is 0.812. The molecule has 0 radical (unpaired) electrons. The van der Waals surface area contributed by atoms with E-state index in [4.69, 9.17) is 16.3 Å². The number of aromatic nitrogens is 1. The minimum absolute atomic E-state index is 0.00346. The molecule has 0 aliphatic carbocycles. The highest BCUT2D eigenvalue weighted by Crippen LogP contribution is 2.44. The first kappa shape index (κ1) is 16.1. The molecule has 0 saturated carbocycles. The Kier molecular flexibility index (Phi) is 4.19. The molecular weight excluding hydrogens is 356 g/mol. The summed E-state index contributed by atoms with van der Waals surface area (Å²) in [6.45, 7) is 0. The van der Waals surface area contributed by atoms with Gasteiger partial charge in [0.05, 0.1) is 17.7 Å². The zero-order valence-corrected chi connectivity index (χ0v) is 15.0. The largest absolute Gasteiger partial charge is 0.497 e. The molecule has 3 aromatic rings. The van der Waals surface area contributed by atoms with E-state index in [1.807, 2.05) is 48.5 Å². The van der Waals surface area contributed by atoms with Crippen LogP contribution in [0.25, 0.3) is 11.3 Å². The maximum absolute atomic E-state index is 12.3. The number of nitrogens with one attached hydrogen (secondary N) is 1. The van der Waals surface area contributed by atoms with E-state index in [1.54, 1.807) is 7.11 Å². The van der Waals surface area contributed by atoms with E-state index in [9.17, 15) is 4.79 Å². The quantitative estimate of drug-likeness (QED) is 0.710. The molecule has 0 spiro atoms. The van der Waals surface area contributed by atoms with Crippen molar-refractivity contribution in [1.29, 1.82) is 0 Å². The van der Waals surface area contributed by atoms with Crippen molar-refractivity contribution in [1.82, 2.24) is 4.37 Å². The van der Waals surface area contributed by atoms with E-state index in [2.05, 4.69) is 9.69 Å². The van der Waals surface area contributed by atoms with Gasteiger partial charge in [-0.15, -0.1) is 0 Å². The molecule has 6 heteroatoms. The number of carbonyl (C=O) groups is 1. The van der Waals surface area contributed by atoms with Crippen molar-refractivity contribution < 1.29 is 9.53 Å². The number of benzene rings is 2. The third kappa shape index (κ3) is 3.01. The van der Waals surface area contributed by atoms with Crippen molar-refractivity contribution in [3.05, 3.63) is 64.0 Å². The fourth-order valence-electron chi connectivity index (χ4n) is 3.04. The Hall–Kier alpha value is -2.37. The summed E-state index contributed by atoms with van der Waals surface area (Å²) in [5.41, 5.74) is 3.63. The van der Waals surface area contributed by atoms with Crippen LogP contribution in [0.15, 0.2) is 48.5 Å². The van der Waals surface area contributed by atoms with Gasteiger partial charge >= 0.3 is 0 Å². The zero-order chi connectivity index (χ0) is 17.4. The molecule has 1 aliphatic rings. The Bertz CT molecular complexity index is 920. The summed E-state index contributed by atoms with van der Waals surface area (Å²) >= 11 is 7.41. The van der Waals surface area contributed by atoms with Crippen LogP contribution in [0, 0.1) is 0 Å². The average molecular weight is 371 g/mol. The lowest BCUT2D eigenvalue weighted by atomic mass is 9.89. The van der Waals surface area contributed by atoms with Gasteiger partial charge < -0.3 is 10.1 Å². The molecule has 2 aromatic carbocycles. The van der Waals surface area contributed by atoms with Crippen molar-refractivity contribution in [2.75, 3.05) is 12.4 Å². The molecule has 25 heavy (non-hydrogen) atoms. The number of anilines is 1. The number of methoxy groups -OCH3 is 1. The van der Waals surface area contributed by atoms with Crippen molar-refractivity contribution in [2.45, 2.75) is 12.3 Å². The molecule has 126 valence electrons. The smallest absolute Gasteiger partial charge is 0.225 e. The second-order valence-electron chi connectivity index (χ2n) is 5.86. The van der Waals surface area contributed by atoms with E-state index in [1.165, 1.54) is 11.5 Å². The lowest BCUT2D eigenvalue weighted by Crippen LogP contribution is -2.22. The van der Waals surface area contributed by atoms with E-state index in [0.29, 0.717) is 11.4 Å². The molecule has 0 saturated heterocycles. The average Bonchev–Trinajstić information content (AvgIpc) is 3.05. The number of halogens is 1. The van der Waals surface area contributed by atoms with Gasteiger partial charge in [-0.2, -0.15) is 4.37 Å². The molecule has 1 aliphatic heterocycles. The summed E-state index contributed by atoms with van der Waals surface area (Å²) in [6, 6.07) is 15.3. The normalized spacial score (nSPS) is 16.2. The summed E-state index contributed by atoms with van der Waals surface area (Å²) in [5, 5.41) is 3.67. The first-order chi connectivity index (χ1) is 12.2. The van der Waals surface area contributed by atoms with Crippen LogP contribution in [0.4, 0.5) is 5.69 Å². The van der Waals surface area contributed by atoms with Gasteiger partial charge in [0.25, 0.3) is 0 Å². The summed E-state index contributed by atoms with van der Waals surface area (Å²) in [4.78, 5) is 13.4. The van der Waals surface area contributed by atoms with Crippen LogP contribution >= 0.6 is 23.1 Å². The Morgan fingerprint density at radius 2 is 1.88 bits per heavy atom. The summed E-state index contributed by atoms with van der Waals surface area (Å²) in [7, 11) is 1.64. The Morgan fingerprint density at radius 1 is 1.16 bits per heavy atom. The Balaban J connectivity index is 1.76. The molecule has 1 N–H and O–H groups in total. The lowest BCUT2D eigenvalue weighted by molar-refractivity contribution is -0.116. The number of amides is 1. The molecule has 0 bridgehead atoms. The first-order valence-electron chi connectivity index (χ1n) is 7.85. The van der Waals surface area contributed by atoms with Gasteiger partial charge in [0.1, 0.15) is 11.4 Å². The second kappa shape index (κ2) is 6.50. The lowest BCUT2D eigenvalue weighted by Gasteiger charge is -2.23. The highest BCUT2D eigenvalue weighted by molar-refractivity contribution is 7.07. The highest BCUT2D eigenvalue weighted by atomic mass is 35.5. The van der Waals surface area contributed by atoms with Crippen molar-refractivity contribution in [2.24, 2.45) is 0 Å². The van der Waals surface area contributed by atoms with Crippen LogP contribution < -0.4 is 10.1 Å². The minimum Gasteiger partial charge on any atom is -0.497 e. The zero-order valence-electron chi connectivity index (χ0n) is 13.5. The molecule has 1 atom stereocenters. The molecule has 1 aromatic heterocycles. The number of rotatable bonds is 3. The summed E-state index contributed by atoms with van der Waals surface area (Å²) < 4.78 is 9.82. The van der Waals surface area contributed by atoms with E-state index in [-0.39, 0.29) is 11.8 Å². The fourth-order valence-corrected chi connectivity index (χ4v) is 4.14. The Labute approximate surface area is 154 Å². The van der Waals surface area contributed by atoms with Crippen LogP contribution in [-0.4, -0.2) is 17.4 Å². The maximum atomic E-state index is 12.3. The SMILES string of the molecule is COc1ccc(C2CC(=O)Nc3c(-c4ccc(Cl)cc4)nsc32)cc1. The highest BCUT2D eigenvalue weighted by Gasteiger charge is 2.31. The number of hydrogen-bond donors (Lipinski definition) is 1. The van der Waals surface area contributed by atoms with Crippen LogP contribution in [0.3, 0.4) is 0 Å². The maximum Gasteiger partial charge on any atom is 0.225 e. The molecular formula is C19H15ClN2O2S. The van der Waals surface area contributed by atoms with E-state index in [0.717, 1.165) is 33.1 Å². The number of hydrogen-bond acceptors (Lipinski definition) is 4. The Morgan fingerprint density at radius 3 is 2.56 bits per heavy atom. The van der Waals surface area contributed by atoms with Gasteiger partial charge in [-0.25, -0.2) is 0 Å². The van der Waals surface area contributed by atoms with Gasteiger partial charge in [0.15, 0.2) is 0 Å². The molecule has 1 unspecified atom stereocenters. The standard InChI is InChI=1S/C19H15ClN2O2S/c1-24-14-8-4-11(5-9-14)15-10-16(23)21-18-17(22-25-19(15)18)12-2-6-13(20)7-3-12/h2-9,15H,10H2,1H3,(H,21,23). The predicted molar refractivity (Wildman–Crippen MR) is 101 cm³/mol. The van der Waals surface area contributed by atoms with Gasteiger partial charge in [-0.05, 0) is 41.4 Å². The molecule has 0 fully saturated rings. The van der Waals surface area contributed by atoms with Crippen molar-refractivity contribution in [3.8, 4) is 17.0 Å². The van der Waals surface area contributed by atoms with Gasteiger partial charge in [0.2, 0.25) is 5.91 Å². The minimum atomic E-state index is 0.00346. The van der Waals surface area contributed by atoms with Gasteiger partial charge in [-0.1, -0.05) is 35.9 Å². The van der Waals surface area contributed by atoms with Crippen LogP contribution in [0.1, 0.15) is 22.8 Å². The van der Waals surface area contributed by atoms with Crippen LogP contribution in [0.2, 0.25) is 5.02 Å². The van der Waals surface area contributed by atoms with Gasteiger partial charge in [0, 0.05) is 22.9 Å². The van der Waals surface area contributed by atoms with Crippen molar-refractivity contribution >= 4 is 34.7 Å². The molecule has 4 rings (SSSR count). The van der Waals surface area contributed by atoms with Crippen LogP contribution in [0.5, 0.6) is 5.75 Å². The number of ether oxygens (including phenoxy) is 1. The monoisotopic (exact) mass is 370 g/mol. The fraction of sp³-hybridized carbons (Fsp3) is 0.158. The van der Waals surface area contributed by atoms with Crippen LogP contribution in [-0.2, 0) is 4.79 Å². The van der Waals surface area contributed by atoms with Gasteiger partial charge in [-0.3, -0.25) is 4.79 Å². The predicted octanol–water partition coefficient (Wildman–Crippen LogP) is 4.95.